The van der Waals surface area contributed by atoms with Crippen molar-refractivity contribution in [2.45, 2.75) is 12.5 Å². The predicted octanol–water partition coefficient (Wildman–Crippen LogP) is 3.98. The van der Waals surface area contributed by atoms with E-state index in [1.165, 1.54) is 11.6 Å². The molecule has 0 fully saturated rings. The van der Waals surface area contributed by atoms with Crippen LogP contribution < -0.4 is 5.32 Å². The van der Waals surface area contributed by atoms with Gasteiger partial charge in [-0.3, -0.25) is 0 Å². The highest BCUT2D eigenvalue weighted by Gasteiger charge is 2.10. The minimum atomic E-state index is -0.205. The molecule has 0 aliphatic heterocycles. The maximum absolute atomic E-state index is 13.2. The largest absolute Gasteiger partial charge is 0.313 e. The minimum Gasteiger partial charge on any atom is -0.313 e. The number of hydrogen-bond acceptors (Lipinski definition) is 1. The van der Waals surface area contributed by atoms with Gasteiger partial charge in [0.15, 0.2) is 0 Å². The second-order valence-electron chi connectivity index (χ2n) is 4.23. The van der Waals surface area contributed by atoms with Crippen LogP contribution in [0.15, 0.2) is 48.5 Å². The highest BCUT2D eigenvalue weighted by atomic mass is 35.5. The molecule has 0 radical (unpaired) electrons. The average Bonchev–Trinajstić information content (AvgIpc) is 2.38. The van der Waals surface area contributed by atoms with E-state index in [1.807, 2.05) is 37.4 Å². The van der Waals surface area contributed by atoms with Gasteiger partial charge in [0.1, 0.15) is 5.82 Å². The number of halogens is 2. The highest BCUT2D eigenvalue weighted by Crippen LogP contribution is 2.20. The van der Waals surface area contributed by atoms with E-state index in [0.717, 1.165) is 17.0 Å². The quantitative estimate of drug-likeness (QED) is 0.880. The molecule has 0 aliphatic carbocycles. The van der Waals surface area contributed by atoms with Crippen LogP contribution in [0.4, 0.5) is 4.39 Å². The van der Waals surface area contributed by atoms with Crippen LogP contribution in [-0.2, 0) is 6.42 Å². The molecule has 2 rings (SSSR count). The third-order valence-electron chi connectivity index (χ3n) is 2.95. The molecule has 1 unspecified atom stereocenters. The molecule has 18 heavy (non-hydrogen) atoms. The Labute approximate surface area is 112 Å². The summed E-state index contributed by atoms with van der Waals surface area (Å²) in [5.41, 5.74) is 2.12. The Bertz CT molecular complexity index is 510. The van der Waals surface area contributed by atoms with Gasteiger partial charge in [0, 0.05) is 11.1 Å². The fraction of sp³-hybridized carbons (Fsp3) is 0.200. The van der Waals surface area contributed by atoms with Crippen molar-refractivity contribution in [1.29, 1.82) is 0 Å². The van der Waals surface area contributed by atoms with Crippen LogP contribution in [0.25, 0.3) is 0 Å². The van der Waals surface area contributed by atoms with Crippen molar-refractivity contribution < 1.29 is 4.39 Å². The van der Waals surface area contributed by atoms with Gasteiger partial charge in [-0.1, -0.05) is 35.9 Å². The molecule has 0 saturated carbocycles. The molecule has 0 saturated heterocycles. The lowest BCUT2D eigenvalue weighted by Gasteiger charge is -2.17. The van der Waals surface area contributed by atoms with Gasteiger partial charge in [-0.05, 0) is 48.9 Å². The first-order valence-corrected chi connectivity index (χ1v) is 6.24. The Balaban J connectivity index is 2.17. The van der Waals surface area contributed by atoms with Crippen molar-refractivity contribution in [2.75, 3.05) is 7.05 Å². The van der Waals surface area contributed by atoms with Gasteiger partial charge in [0.2, 0.25) is 0 Å². The van der Waals surface area contributed by atoms with E-state index >= 15 is 0 Å². The maximum atomic E-state index is 13.2. The first kappa shape index (κ1) is 13.1. The topological polar surface area (TPSA) is 12.0 Å². The van der Waals surface area contributed by atoms with Crippen molar-refractivity contribution in [3.8, 4) is 0 Å². The fourth-order valence-corrected chi connectivity index (χ4v) is 2.09. The van der Waals surface area contributed by atoms with Crippen LogP contribution in [0.1, 0.15) is 17.2 Å². The van der Waals surface area contributed by atoms with Gasteiger partial charge in [0.05, 0.1) is 0 Å². The van der Waals surface area contributed by atoms with E-state index < -0.39 is 0 Å². The van der Waals surface area contributed by atoms with Crippen LogP contribution in [0, 0.1) is 5.82 Å². The summed E-state index contributed by atoms with van der Waals surface area (Å²) in [5.74, 6) is -0.205. The van der Waals surface area contributed by atoms with Crippen LogP contribution in [0.5, 0.6) is 0 Å². The molecule has 1 atom stereocenters. The van der Waals surface area contributed by atoms with Gasteiger partial charge in [0.25, 0.3) is 0 Å². The highest BCUT2D eigenvalue weighted by molar-refractivity contribution is 6.30. The molecule has 0 amide bonds. The zero-order valence-corrected chi connectivity index (χ0v) is 10.9. The molecule has 94 valence electrons. The molecule has 2 aromatic rings. The first-order chi connectivity index (χ1) is 8.69. The van der Waals surface area contributed by atoms with E-state index in [1.54, 1.807) is 12.1 Å². The summed E-state index contributed by atoms with van der Waals surface area (Å²) < 4.78 is 13.2. The number of rotatable bonds is 4. The summed E-state index contributed by atoms with van der Waals surface area (Å²) in [4.78, 5) is 0. The molecular weight excluding hydrogens is 249 g/mol. The Morgan fingerprint density at radius 1 is 1.17 bits per heavy atom. The third-order valence-corrected chi connectivity index (χ3v) is 3.20. The Morgan fingerprint density at radius 2 is 1.89 bits per heavy atom. The van der Waals surface area contributed by atoms with E-state index in [9.17, 15) is 4.39 Å². The van der Waals surface area contributed by atoms with Crippen LogP contribution in [-0.4, -0.2) is 7.05 Å². The van der Waals surface area contributed by atoms with Crippen molar-refractivity contribution >= 4 is 11.6 Å². The monoisotopic (exact) mass is 263 g/mol. The van der Waals surface area contributed by atoms with E-state index in [-0.39, 0.29) is 11.9 Å². The Hall–Kier alpha value is -1.38. The smallest absolute Gasteiger partial charge is 0.123 e. The molecule has 0 bridgehead atoms. The molecule has 2 aromatic carbocycles. The van der Waals surface area contributed by atoms with Crippen LogP contribution in [0.2, 0.25) is 5.02 Å². The summed E-state index contributed by atoms with van der Waals surface area (Å²) in [6.45, 7) is 0. The standard InChI is InChI=1S/C15H15ClFN/c1-18-15(12-3-2-4-14(17)10-12)9-11-5-7-13(16)8-6-11/h2-8,10,15,18H,9H2,1H3. The van der Waals surface area contributed by atoms with E-state index in [4.69, 9.17) is 11.6 Å². The van der Waals surface area contributed by atoms with Crippen LogP contribution in [0.3, 0.4) is 0 Å². The van der Waals surface area contributed by atoms with Gasteiger partial charge in [-0.2, -0.15) is 0 Å². The van der Waals surface area contributed by atoms with Crippen LogP contribution >= 0.6 is 11.6 Å². The SMILES string of the molecule is CNC(Cc1ccc(Cl)cc1)c1cccc(F)c1. The van der Waals surface area contributed by atoms with Crippen molar-refractivity contribution in [3.63, 3.8) is 0 Å². The molecule has 0 aromatic heterocycles. The van der Waals surface area contributed by atoms with Gasteiger partial charge in [-0.15, -0.1) is 0 Å². The summed E-state index contributed by atoms with van der Waals surface area (Å²) in [6.07, 6.45) is 0.803. The van der Waals surface area contributed by atoms with Crippen molar-refractivity contribution in [2.24, 2.45) is 0 Å². The number of nitrogens with one attached hydrogen (secondary N) is 1. The molecule has 0 spiro atoms. The van der Waals surface area contributed by atoms with Gasteiger partial charge >= 0.3 is 0 Å². The second kappa shape index (κ2) is 5.98. The third kappa shape index (κ3) is 3.31. The molecule has 1 nitrogen and oxygen atoms in total. The van der Waals surface area contributed by atoms with Crippen molar-refractivity contribution in [1.82, 2.24) is 5.32 Å². The maximum Gasteiger partial charge on any atom is 0.123 e. The zero-order valence-electron chi connectivity index (χ0n) is 10.2. The number of hydrogen-bond donors (Lipinski definition) is 1. The van der Waals surface area contributed by atoms with Gasteiger partial charge < -0.3 is 5.32 Å². The molecular formula is C15H15ClFN. The second-order valence-corrected chi connectivity index (χ2v) is 4.66. The molecule has 3 heteroatoms. The normalized spacial score (nSPS) is 12.4. The minimum absolute atomic E-state index is 0.0990. The lowest BCUT2D eigenvalue weighted by molar-refractivity contribution is 0.577. The first-order valence-electron chi connectivity index (χ1n) is 5.86. The summed E-state index contributed by atoms with van der Waals surface area (Å²) >= 11 is 5.85. The van der Waals surface area contributed by atoms with E-state index in [0.29, 0.717) is 0 Å². The summed E-state index contributed by atoms with van der Waals surface area (Å²) in [5, 5.41) is 3.94. The predicted molar refractivity (Wildman–Crippen MR) is 73.4 cm³/mol. The number of benzene rings is 2. The Morgan fingerprint density at radius 3 is 2.50 bits per heavy atom. The van der Waals surface area contributed by atoms with Crippen molar-refractivity contribution in [3.05, 3.63) is 70.5 Å². The molecule has 1 N–H and O–H groups in total. The lowest BCUT2D eigenvalue weighted by atomic mass is 9.99. The molecule has 0 heterocycles. The lowest BCUT2D eigenvalue weighted by Crippen LogP contribution is -2.18. The van der Waals surface area contributed by atoms with Gasteiger partial charge in [-0.25, -0.2) is 4.39 Å². The number of likely N-dealkylation sites (N-methyl/N-ethyl adjacent to an activating group) is 1. The zero-order chi connectivity index (χ0) is 13.0. The Kier molecular flexibility index (Phi) is 4.34. The van der Waals surface area contributed by atoms with E-state index in [2.05, 4.69) is 5.32 Å². The summed E-state index contributed by atoms with van der Waals surface area (Å²) in [7, 11) is 1.88. The summed E-state index contributed by atoms with van der Waals surface area (Å²) in [6, 6.07) is 14.5. The fourth-order valence-electron chi connectivity index (χ4n) is 1.97. The molecule has 0 aliphatic rings. The average molecular weight is 264 g/mol.